The van der Waals surface area contributed by atoms with Gasteiger partial charge in [0.1, 0.15) is 0 Å². The number of benzene rings is 3. The van der Waals surface area contributed by atoms with Crippen molar-refractivity contribution < 1.29 is 9.53 Å². The highest BCUT2D eigenvalue weighted by Gasteiger charge is 2.17. The van der Waals surface area contributed by atoms with E-state index in [-0.39, 0.29) is 6.61 Å². The van der Waals surface area contributed by atoms with Crippen molar-refractivity contribution in [1.82, 2.24) is 19.9 Å². The van der Waals surface area contributed by atoms with Gasteiger partial charge in [0.25, 0.3) is 0 Å². The van der Waals surface area contributed by atoms with Crippen molar-refractivity contribution in [3.63, 3.8) is 0 Å². The predicted octanol–water partition coefficient (Wildman–Crippen LogP) is 9.85. The molecule has 3 aromatic heterocycles. The molecule has 0 unspecified atom stereocenters. The van der Waals surface area contributed by atoms with Gasteiger partial charge in [-0.05, 0) is 71.3 Å². The van der Waals surface area contributed by atoms with Crippen molar-refractivity contribution in [1.29, 1.82) is 0 Å². The van der Waals surface area contributed by atoms with Crippen LogP contribution in [0.15, 0.2) is 121 Å². The van der Waals surface area contributed by atoms with Crippen molar-refractivity contribution >= 4 is 58.4 Å². The molecule has 50 heavy (non-hydrogen) atoms. The van der Waals surface area contributed by atoms with Gasteiger partial charge in [-0.3, -0.25) is 0 Å². The van der Waals surface area contributed by atoms with Gasteiger partial charge >= 0.3 is 5.97 Å². The fraction of sp³-hybridized carbons (Fsp3) is 0.0227. The van der Waals surface area contributed by atoms with Crippen molar-refractivity contribution in [2.45, 2.75) is 0 Å². The van der Waals surface area contributed by atoms with E-state index in [1.165, 1.54) is 6.08 Å². The van der Waals surface area contributed by atoms with Crippen molar-refractivity contribution in [2.24, 2.45) is 0 Å². The Morgan fingerprint density at radius 3 is 1.44 bits per heavy atom. The molecule has 8 bridgehead atoms. The average Bonchev–Trinajstić information content (AvgIpc) is 4.00. The van der Waals surface area contributed by atoms with E-state index in [1.54, 1.807) is 6.08 Å². The third-order valence-electron chi connectivity index (χ3n) is 8.67. The Labute approximate surface area is 289 Å². The largest absolute Gasteiger partial charge is 0.449 e. The predicted molar refractivity (Wildman–Crippen MR) is 204 cm³/mol. The quantitative estimate of drug-likeness (QED) is 0.107. The summed E-state index contributed by atoms with van der Waals surface area (Å²) in [5.41, 5.74) is 13.3. The summed E-state index contributed by atoms with van der Waals surface area (Å²) in [6.45, 7) is -0.106. The molecule has 0 spiro atoms. The molecule has 0 atom stereocenters. The number of aromatic nitrogens is 4. The zero-order valence-electron chi connectivity index (χ0n) is 26.9. The van der Waals surface area contributed by atoms with Crippen LogP contribution in [0.25, 0.3) is 85.8 Å². The number of esters is 1. The summed E-state index contributed by atoms with van der Waals surface area (Å²) in [4.78, 5) is 30.4. The number of terminal acetylenes is 1. The molecular formula is C44H30N4O2. The number of carbonyl (C=O) groups excluding carboxylic acids is 1. The minimum Gasteiger partial charge on any atom is -0.449 e. The monoisotopic (exact) mass is 646 g/mol. The minimum absolute atomic E-state index is 0.106. The first kappa shape index (κ1) is 30.4. The molecule has 0 saturated carbocycles. The molecule has 2 N–H and O–H groups in total. The Bertz CT molecular complexity index is 2510. The number of nitrogens with one attached hydrogen (secondary N) is 2. The molecule has 238 valence electrons. The topological polar surface area (TPSA) is 83.7 Å². The number of rotatable bonds is 6. The van der Waals surface area contributed by atoms with Gasteiger partial charge in [-0.1, -0.05) is 96.9 Å². The van der Waals surface area contributed by atoms with E-state index in [2.05, 4.69) is 76.6 Å². The lowest BCUT2D eigenvalue weighted by Gasteiger charge is -2.06. The summed E-state index contributed by atoms with van der Waals surface area (Å²) in [5.74, 6) is 1.81. The summed E-state index contributed by atoms with van der Waals surface area (Å²) in [6.07, 6.45) is 16.6. The third kappa shape index (κ3) is 5.85. The fourth-order valence-electron chi connectivity index (χ4n) is 6.44. The number of aromatic amines is 2. The first-order valence-electron chi connectivity index (χ1n) is 16.3. The van der Waals surface area contributed by atoms with Gasteiger partial charge < -0.3 is 14.7 Å². The van der Waals surface area contributed by atoms with E-state index in [0.717, 1.165) is 78.1 Å². The maximum absolute atomic E-state index is 12.6. The Morgan fingerprint density at radius 2 is 0.980 bits per heavy atom. The van der Waals surface area contributed by atoms with Gasteiger partial charge in [-0.25, -0.2) is 14.8 Å². The van der Waals surface area contributed by atoms with Gasteiger partial charge in [0.2, 0.25) is 0 Å². The van der Waals surface area contributed by atoms with Crippen LogP contribution in [0.5, 0.6) is 0 Å². The summed E-state index contributed by atoms with van der Waals surface area (Å²) in [7, 11) is 0. The van der Waals surface area contributed by atoms with Gasteiger partial charge in [0.15, 0.2) is 6.61 Å². The smallest absolute Gasteiger partial charge is 0.331 e. The Kier molecular flexibility index (Phi) is 8.06. The second-order valence-corrected chi connectivity index (χ2v) is 11.8. The van der Waals surface area contributed by atoms with Crippen molar-refractivity contribution in [3.8, 4) is 45.7 Å². The van der Waals surface area contributed by atoms with Crippen LogP contribution in [0.2, 0.25) is 0 Å². The zero-order valence-corrected chi connectivity index (χ0v) is 26.9. The Balaban J connectivity index is 1.52. The number of hydrogen-bond donors (Lipinski definition) is 2. The highest BCUT2D eigenvalue weighted by molar-refractivity contribution is 5.99. The van der Waals surface area contributed by atoms with Crippen LogP contribution in [-0.4, -0.2) is 32.5 Å². The summed E-state index contributed by atoms with van der Waals surface area (Å²) in [6, 6.07) is 39.0. The molecule has 0 fully saturated rings. The SMILES string of the molecule is C#CCOC(=O)/C=C/c1c2nc(c(-c3ccccc3)c3ccc([nH]3)c(-c3ccccc3)c3nc(c(-c4ccccc4)c4ccc1[nH]4)C=C3)C=C2. The normalized spacial score (nSPS) is 11.9. The number of nitrogens with zero attached hydrogens (tertiary/aromatic N) is 2. The van der Waals surface area contributed by atoms with Crippen LogP contribution in [0.3, 0.4) is 0 Å². The Hall–Kier alpha value is -6.97. The van der Waals surface area contributed by atoms with E-state index >= 15 is 0 Å². The van der Waals surface area contributed by atoms with Crippen LogP contribution >= 0.6 is 0 Å². The van der Waals surface area contributed by atoms with E-state index in [0.29, 0.717) is 5.69 Å². The van der Waals surface area contributed by atoms with Crippen molar-refractivity contribution in [3.05, 3.63) is 150 Å². The van der Waals surface area contributed by atoms with Gasteiger partial charge in [-0.15, -0.1) is 6.42 Å². The molecule has 0 amide bonds. The maximum atomic E-state index is 12.6. The van der Waals surface area contributed by atoms with Crippen LogP contribution in [0, 0.1) is 12.3 Å². The highest BCUT2D eigenvalue weighted by Crippen LogP contribution is 2.36. The molecule has 6 heteroatoms. The van der Waals surface area contributed by atoms with E-state index in [1.807, 2.05) is 78.9 Å². The van der Waals surface area contributed by atoms with Crippen LogP contribution in [0.4, 0.5) is 0 Å². The summed E-state index contributed by atoms with van der Waals surface area (Å²) >= 11 is 0. The lowest BCUT2D eigenvalue weighted by atomic mass is 10.0. The Morgan fingerprint density at radius 1 is 0.580 bits per heavy atom. The second-order valence-electron chi connectivity index (χ2n) is 11.8. The lowest BCUT2D eigenvalue weighted by Crippen LogP contribution is -2.00. The van der Waals surface area contributed by atoms with Crippen LogP contribution in [-0.2, 0) is 9.53 Å². The number of H-pyrrole nitrogens is 2. The average molecular weight is 647 g/mol. The molecule has 6 nitrogen and oxygen atoms in total. The zero-order chi connectivity index (χ0) is 33.9. The maximum Gasteiger partial charge on any atom is 0.331 e. The van der Waals surface area contributed by atoms with E-state index in [9.17, 15) is 4.79 Å². The molecular weight excluding hydrogens is 617 g/mol. The molecule has 3 aromatic carbocycles. The number of ether oxygens (including phenoxy) is 1. The first-order valence-corrected chi connectivity index (χ1v) is 16.3. The van der Waals surface area contributed by atoms with E-state index < -0.39 is 5.97 Å². The fourth-order valence-corrected chi connectivity index (χ4v) is 6.44. The van der Waals surface area contributed by atoms with Gasteiger partial charge in [0, 0.05) is 50.4 Å². The van der Waals surface area contributed by atoms with Crippen molar-refractivity contribution in [2.75, 3.05) is 6.61 Å². The molecule has 0 radical (unpaired) electrons. The molecule has 2 aliphatic rings. The minimum atomic E-state index is -0.535. The third-order valence-corrected chi connectivity index (χ3v) is 8.67. The highest BCUT2D eigenvalue weighted by atomic mass is 16.5. The second kappa shape index (κ2) is 13.3. The van der Waals surface area contributed by atoms with Crippen LogP contribution in [0.1, 0.15) is 28.3 Å². The molecule has 2 aliphatic heterocycles. The number of carbonyl (C=O) groups is 1. The van der Waals surface area contributed by atoms with Gasteiger partial charge in [0.05, 0.1) is 22.8 Å². The molecule has 0 saturated heterocycles. The molecule has 0 aliphatic carbocycles. The standard InChI is InChI=1S/C44H30N4O2/c1-2-28-50-41(49)27-18-32-33-19-21-35(45-33)42(29-12-6-3-7-13-29)37-23-25-39(47-37)44(31-16-10-5-11-17-31)40-26-24-38(48-40)43(30-14-8-4-9-15-30)36-22-20-34(32)46-36/h1,3-27,45,48H,28H2/b27-18+,33-32?,34-32?,42-35?,42-37?,43-36?,43-38?,44-39?,44-40?. The van der Waals surface area contributed by atoms with Gasteiger partial charge in [-0.2, -0.15) is 0 Å². The number of hydrogen-bond acceptors (Lipinski definition) is 4. The summed E-state index contributed by atoms with van der Waals surface area (Å²) in [5, 5.41) is 0. The number of fused-ring (bicyclic) bond motifs is 8. The molecule has 8 rings (SSSR count). The lowest BCUT2D eigenvalue weighted by molar-refractivity contribution is -0.136. The van der Waals surface area contributed by atoms with Crippen LogP contribution < -0.4 is 0 Å². The molecule has 6 aromatic rings. The van der Waals surface area contributed by atoms with E-state index in [4.69, 9.17) is 21.1 Å². The summed E-state index contributed by atoms with van der Waals surface area (Å²) < 4.78 is 5.14. The molecule has 5 heterocycles. The first-order chi connectivity index (χ1) is 24.7.